The van der Waals surface area contributed by atoms with Gasteiger partial charge < -0.3 is 5.32 Å². The number of amides is 1. The van der Waals surface area contributed by atoms with Gasteiger partial charge >= 0.3 is 0 Å². The molecule has 1 aromatic carbocycles. The number of rotatable bonds is 5. The van der Waals surface area contributed by atoms with Crippen LogP contribution >= 0.6 is 11.8 Å². The highest BCUT2D eigenvalue weighted by atomic mass is 32.2. The minimum atomic E-state index is 0.146. The third-order valence-electron chi connectivity index (χ3n) is 4.33. The first-order chi connectivity index (χ1) is 11.8. The summed E-state index contributed by atoms with van der Waals surface area (Å²) in [5.41, 5.74) is 2.62. The normalized spacial score (nSPS) is 15.2. The zero-order valence-electron chi connectivity index (χ0n) is 14.0. The van der Waals surface area contributed by atoms with Crippen LogP contribution in [0.25, 0.3) is 11.3 Å². The van der Waals surface area contributed by atoms with Gasteiger partial charge in [0.2, 0.25) is 5.91 Å². The molecule has 0 aliphatic heterocycles. The SMILES string of the molecule is CCSc1ccc(-c2cccc(NC(=O)C3CCCCC3)c2)nn1. The Morgan fingerprint density at radius 1 is 1.17 bits per heavy atom. The topological polar surface area (TPSA) is 54.9 Å². The Kier molecular flexibility index (Phi) is 5.86. The third-order valence-corrected chi connectivity index (χ3v) is 5.14. The lowest BCUT2D eigenvalue weighted by Gasteiger charge is -2.20. The molecule has 1 heterocycles. The van der Waals surface area contributed by atoms with Gasteiger partial charge in [-0.25, -0.2) is 0 Å². The Balaban J connectivity index is 1.70. The number of hydrogen-bond acceptors (Lipinski definition) is 4. The molecule has 0 spiro atoms. The second-order valence-electron chi connectivity index (χ2n) is 6.09. The van der Waals surface area contributed by atoms with E-state index < -0.39 is 0 Å². The van der Waals surface area contributed by atoms with E-state index in [1.807, 2.05) is 36.4 Å². The smallest absolute Gasteiger partial charge is 0.227 e. The number of anilines is 1. The van der Waals surface area contributed by atoms with Crippen molar-refractivity contribution in [3.63, 3.8) is 0 Å². The van der Waals surface area contributed by atoms with E-state index in [4.69, 9.17) is 0 Å². The number of thioether (sulfide) groups is 1. The van der Waals surface area contributed by atoms with Gasteiger partial charge in [0, 0.05) is 17.2 Å². The van der Waals surface area contributed by atoms with Crippen molar-refractivity contribution in [3.8, 4) is 11.3 Å². The van der Waals surface area contributed by atoms with Crippen molar-refractivity contribution in [2.75, 3.05) is 11.1 Å². The molecule has 3 rings (SSSR count). The van der Waals surface area contributed by atoms with Gasteiger partial charge in [0.05, 0.1) is 5.69 Å². The van der Waals surface area contributed by atoms with Crippen LogP contribution in [-0.2, 0) is 4.79 Å². The molecule has 1 saturated carbocycles. The van der Waals surface area contributed by atoms with Crippen LogP contribution in [0.2, 0.25) is 0 Å². The maximum absolute atomic E-state index is 12.4. The molecule has 4 nitrogen and oxygen atoms in total. The molecule has 1 aliphatic carbocycles. The van der Waals surface area contributed by atoms with Crippen LogP contribution in [0, 0.1) is 5.92 Å². The van der Waals surface area contributed by atoms with Crippen molar-refractivity contribution in [3.05, 3.63) is 36.4 Å². The summed E-state index contributed by atoms with van der Waals surface area (Å²) >= 11 is 1.68. The van der Waals surface area contributed by atoms with E-state index >= 15 is 0 Å². The predicted octanol–water partition coefficient (Wildman–Crippen LogP) is 4.77. The van der Waals surface area contributed by atoms with E-state index in [-0.39, 0.29) is 11.8 Å². The van der Waals surface area contributed by atoms with E-state index in [1.165, 1.54) is 6.42 Å². The zero-order chi connectivity index (χ0) is 16.8. The minimum Gasteiger partial charge on any atom is -0.326 e. The number of benzene rings is 1. The standard InChI is InChI=1S/C19H23N3OS/c1-2-24-18-12-11-17(21-22-18)15-9-6-10-16(13-15)20-19(23)14-7-4-3-5-8-14/h6,9-14H,2-5,7-8H2,1H3,(H,20,23). The van der Waals surface area contributed by atoms with Crippen LogP contribution in [0.5, 0.6) is 0 Å². The highest BCUT2D eigenvalue weighted by Crippen LogP contribution is 2.26. The Morgan fingerprint density at radius 3 is 2.71 bits per heavy atom. The summed E-state index contributed by atoms with van der Waals surface area (Å²) in [5.74, 6) is 1.29. The van der Waals surface area contributed by atoms with Crippen molar-refractivity contribution >= 4 is 23.4 Å². The fourth-order valence-corrected chi connectivity index (χ4v) is 3.62. The summed E-state index contributed by atoms with van der Waals surface area (Å²) in [5, 5.41) is 12.5. The first-order valence-corrected chi connectivity index (χ1v) is 9.62. The molecule has 126 valence electrons. The lowest BCUT2D eigenvalue weighted by molar-refractivity contribution is -0.120. The highest BCUT2D eigenvalue weighted by Gasteiger charge is 2.21. The summed E-state index contributed by atoms with van der Waals surface area (Å²) in [6.45, 7) is 2.10. The van der Waals surface area contributed by atoms with Gasteiger partial charge in [0.1, 0.15) is 5.03 Å². The van der Waals surface area contributed by atoms with Crippen molar-refractivity contribution in [2.45, 2.75) is 44.1 Å². The molecular weight excluding hydrogens is 318 g/mol. The zero-order valence-corrected chi connectivity index (χ0v) is 14.8. The Bertz CT molecular complexity index is 681. The van der Waals surface area contributed by atoms with Crippen molar-refractivity contribution in [2.24, 2.45) is 5.92 Å². The van der Waals surface area contributed by atoms with E-state index in [1.54, 1.807) is 11.8 Å². The largest absolute Gasteiger partial charge is 0.326 e. The Labute approximate surface area is 147 Å². The first-order valence-electron chi connectivity index (χ1n) is 8.64. The van der Waals surface area contributed by atoms with Gasteiger partial charge in [-0.3, -0.25) is 4.79 Å². The minimum absolute atomic E-state index is 0.146. The fourth-order valence-electron chi connectivity index (χ4n) is 3.06. The van der Waals surface area contributed by atoms with Crippen LogP contribution in [0.1, 0.15) is 39.0 Å². The summed E-state index contributed by atoms with van der Waals surface area (Å²) in [4.78, 5) is 12.4. The fraction of sp³-hybridized carbons (Fsp3) is 0.421. The number of carbonyl (C=O) groups excluding carboxylic acids is 1. The molecule has 1 amide bonds. The highest BCUT2D eigenvalue weighted by molar-refractivity contribution is 7.99. The molecule has 1 fully saturated rings. The van der Waals surface area contributed by atoms with Crippen LogP contribution in [0.4, 0.5) is 5.69 Å². The van der Waals surface area contributed by atoms with Crippen LogP contribution in [0.3, 0.4) is 0 Å². The third kappa shape index (κ3) is 4.35. The second-order valence-corrected chi connectivity index (χ2v) is 7.38. The van der Waals surface area contributed by atoms with Gasteiger partial charge in [0.25, 0.3) is 0 Å². The van der Waals surface area contributed by atoms with E-state index in [0.29, 0.717) is 0 Å². The van der Waals surface area contributed by atoms with Crippen LogP contribution in [-0.4, -0.2) is 21.9 Å². The lowest BCUT2D eigenvalue weighted by Crippen LogP contribution is -2.24. The Hall–Kier alpha value is -1.88. The average Bonchev–Trinajstić information content (AvgIpc) is 2.63. The molecule has 0 atom stereocenters. The molecule has 1 aliphatic rings. The van der Waals surface area contributed by atoms with Crippen LogP contribution in [0.15, 0.2) is 41.4 Å². The molecule has 5 heteroatoms. The number of nitrogens with zero attached hydrogens (tertiary/aromatic N) is 2. The van der Waals surface area contributed by atoms with Crippen molar-refractivity contribution < 1.29 is 4.79 Å². The molecule has 0 radical (unpaired) electrons. The summed E-state index contributed by atoms with van der Waals surface area (Å²) in [7, 11) is 0. The monoisotopic (exact) mass is 341 g/mol. The summed E-state index contributed by atoms with van der Waals surface area (Å²) < 4.78 is 0. The van der Waals surface area contributed by atoms with E-state index in [9.17, 15) is 4.79 Å². The number of hydrogen-bond donors (Lipinski definition) is 1. The predicted molar refractivity (Wildman–Crippen MR) is 99.1 cm³/mol. The van der Waals surface area contributed by atoms with E-state index in [2.05, 4.69) is 22.4 Å². The van der Waals surface area contributed by atoms with Gasteiger partial charge in [-0.15, -0.1) is 22.0 Å². The summed E-state index contributed by atoms with van der Waals surface area (Å²) in [6, 6.07) is 11.8. The van der Waals surface area contributed by atoms with E-state index in [0.717, 1.165) is 53.4 Å². The Morgan fingerprint density at radius 2 is 2.00 bits per heavy atom. The number of carbonyl (C=O) groups is 1. The molecule has 1 N–H and O–H groups in total. The van der Waals surface area contributed by atoms with Gasteiger partial charge in [-0.1, -0.05) is 38.3 Å². The average molecular weight is 341 g/mol. The molecule has 24 heavy (non-hydrogen) atoms. The van der Waals surface area contributed by atoms with Gasteiger partial charge in [-0.2, -0.15) is 0 Å². The molecule has 0 unspecified atom stereocenters. The first kappa shape index (κ1) is 17.0. The lowest BCUT2D eigenvalue weighted by atomic mass is 9.88. The van der Waals surface area contributed by atoms with Crippen LogP contribution < -0.4 is 5.32 Å². The molecule has 2 aromatic rings. The molecular formula is C19H23N3OS. The summed E-state index contributed by atoms with van der Waals surface area (Å²) in [6.07, 6.45) is 5.59. The maximum Gasteiger partial charge on any atom is 0.227 e. The van der Waals surface area contributed by atoms with Gasteiger partial charge in [-0.05, 0) is 42.9 Å². The number of aromatic nitrogens is 2. The second kappa shape index (κ2) is 8.29. The quantitative estimate of drug-likeness (QED) is 0.796. The maximum atomic E-state index is 12.4. The molecule has 1 aromatic heterocycles. The molecule has 0 bridgehead atoms. The van der Waals surface area contributed by atoms with Gasteiger partial charge in [0.15, 0.2) is 0 Å². The molecule has 0 saturated heterocycles. The van der Waals surface area contributed by atoms with Crippen molar-refractivity contribution in [1.82, 2.24) is 10.2 Å². The van der Waals surface area contributed by atoms with Crippen molar-refractivity contribution in [1.29, 1.82) is 0 Å². The number of nitrogens with one attached hydrogen (secondary N) is 1.